The van der Waals surface area contributed by atoms with Gasteiger partial charge in [-0.1, -0.05) is 67.8 Å². The average Bonchev–Trinajstić information content (AvgIpc) is 3.18. The summed E-state index contributed by atoms with van der Waals surface area (Å²) in [6.07, 6.45) is -3.32. The lowest BCUT2D eigenvalue weighted by Crippen LogP contribution is -2.47. The largest absolute Gasteiger partial charge is 0.451 e. The van der Waals surface area contributed by atoms with Gasteiger partial charge in [0.25, 0.3) is 0 Å². The lowest BCUT2D eigenvalue weighted by atomic mass is 9.84. The van der Waals surface area contributed by atoms with E-state index in [9.17, 15) is 27.9 Å². The molecule has 0 saturated heterocycles. The van der Waals surface area contributed by atoms with Gasteiger partial charge >= 0.3 is 18.3 Å². The second kappa shape index (κ2) is 16.8. The van der Waals surface area contributed by atoms with E-state index in [2.05, 4.69) is 28.3 Å². The second-order valence-electron chi connectivity index (χ2n) is 13.2. The van der Waals surface area contributed by atoms with Crippen LogP contribution < -0.4 is 4.90 Å². The first kappa shape index (κ1) is 41.1. The Kier molecular flexibility index (Phi) is 13.5. The smallest absolute Gasteiger partial charge is 0.443 e. The lowest BCUT2D eigenvalue weighted by Gasteiger charge is -2.29. The standard InChI is InChI=1S/C36H44F4N4O6S/c1-10-11-16-35(9,20-45)24(4)49-42-23(3)28-17-30-31(18-29(28)37)51-21-44(33(47)48-34(6,7)8)32(46)43(30)19-26-12-14-27(15-13-26)22(2)41-50-25(5)36(38,39)40/h12-15,17-18,45H,4-5,10-11,16,19-21H2,1-3,6-9H3/b41-22+,42-23+. The summed E-state index contributed by atoms with van der Waals surface area (Å²) in [5.41, 5.74) is -0.0933. The van der Waals surface area contributed by atoms with E-state index in [1.165, 1.54) is 30.9 Å². The number of hydrogen-bond acceptors (Lipinski definition) is 9. The van der Waals surface area contributed by atoms with Crippen molar-refractivity contribution < 1.29 is 46.7 Å². The highest BCUT2D eigenvalue weighted by Gasteiger charge is 2.37. The van der Waals surface area contributed by atoms with Crippen LogP contribution in [0, 0.1) is 11.2 Å². The van der Waals surface area contributed by atoms with Crippen molar-refractivity contribution in [2.45, 2.75) is 90.9 Å². The molecule has 0 aromatic heterocycles. The van der Waals surface area contributed by atoms with Gasteiger partial charge in [0.2, 0.25) is 5.76 Å². The molecule has 51 heavy (non-hydrogen) atoms. The molecule has 0 aliphatic carbocycles. The van der Waals surface area contributed by atoms with Crippen LogP contribution in [0.25, 0.3) is 0 Å². The number of allylic oxidation sites excluding steroid dienone is 1. The molecule has 1 heterocycles. The Morgan fingerprint density at radius 1 is 1.00 bits per heavy atom. The van der Waals surface area contributed by atoms with Gasteiger partial charge in [0.05, 0.1) is 41.6 Å². The number of anilines is 1. The van der Waals surface area contributed by atoms with Gasteiger partial charge in [-0.3, -0.25) is 4.90 Å². The van der Waals surface area contributed by atoms with Crippen molar-refractivity contribution in [3.8, 4) is 0 Å². The Morgan fingerprint density at radius 2 is 1.61 bits per heavy atom. The molecular formula is C36H44F4N4O6S. The number of unbranched alkanes of at least 4 members (excludes halogenated alkanes) is 1. The van der Waals surface area contributed by atoms with Crippen LogP contribution in [-0.4, -0.2) is 57.8 Å². The topological polar surface area (TPSA) is 113 Å². The summed E-state index contributed by atoms with van der Waals surface area (Å²) in [5, 5.41) is 17.6. The minimum atomic E-state index is -4.76. The van der Waals surface area contributed by atoms with Gasteiger partial charge < -0.3 is 19.5 Å². The minimum Gasteiger partial charge on any atom is -0.443 e. The Morgan fingerprint density at radius 3 is 2.18 bits per heavy atom. The number of amides is 3. The number of nitrogens with zero attached hydrogens (tertiary/aromatic N) is 4. The van der Waals surface area contributed by atoms with E-state index in [4.69, 9.17) is 9.57 Å². The number of halogens is 4. The first-order valence-electron chi connectivity index (χ1n) is 16.1. The molecule has 10 nitrogen and oxygen atoms in total. The number of carbonyl (C=O) groups is 2. The predicted molar refractivity (Wildman–Crippen MR) is 189 cm³/mol. The van der Waals surface area contributed by atoms with E-state index in [0.717, 1.165) is 29.5 Å². The fourth-order valence-corrected chi connectivity index (χ4v) is 5.59. The molecule has 0 fully saturated rings. The molecule has 1 aliphatic rings. The van der Waals surface area contributed by atoms with Crippen molar-refractivity contribution >= 4 is 41.0 Å². The monoisotopic (exact) mass is 736 g/mol. The molecule has 1 unspecified atom stereocenters. The number of alkyl halides is 3. The minimum absolute atomic E-state index is 0.0209. The zero-order chi connectivity index (χ0) is 38.3. The third-order valence-electron chi connectivity index (χ3n) is 7.87. The highest BCUT2D eigenvalue weighted by Crippen LogP contribution is 2.39. The third-order valence-corrected chi connectivity index (χ3v) is 8.90. The molecule has 3 rings (SSSR count). The number of thioether (sulfide) groups is 1. The summed E-state index contributed by atoms with van der Waals surface area (Å²) in [4.78, 5) is 39.8. The number of fused-ring (bicyclic) bond motifs is 1. The highest BCUT2D eigenvalue weighted by atomic mass is 32.2. The van der Waals surface area contributed by atoms with Crippen LogP contribution >= 0.6 is 11.8 Å². The number of urea groups is 1. The van der Waals surface area contributed by atoms with Crippen LogP contribution in [0.2, 0.25) is 0 Å². The fourth-order valence-electron chi connectivity index (χ4n) is 4.60. The number of hydrogen-bond donors (Lipinski definition) is 1. The Balaban J connectivity index is 2.01. The predicted octanol–water partition coefficient (Wildman–Crippen LogP) is 9.51. The Labute approximate surface area is 299 Å². The number of carbonyl (C=O) groups excluding carboxylic acids is 2. The van der Waals surface area contributed by atoms with Gasteiger partial charge in [0.1, 0.15) is 17.2 Å². The quantitative estimate of drug-likeness (QED) is 0.0944. The zero-order valence-electron chi connectivity index (χ0n) is 29.8. The van der Waals surface area contributed by atoms with Crippen molar-refractivity contribution in [1.29, 1.82) is 0 Å². The Bertz CT molecular complexity index is 1690. The molecule has 278 valence electrons. The molecule has 0 saturated carbocycles. The third kappa shape index (κ3) is 10.8. The molecule has 15 heteroatoms. The molecule has 1 aliphatic heterocycles. The van der Waals surface area contributed by atoms with Crippen LogP contribution in [0.3, 0.4) is 0 Å². The number of imide groups is 1. The van der Waals surface area contributed by atoms with Crippen molar-refractivity contribution in [1.82, 2.24) is 4.90 Å². The molecule has 2 aromatic carbocycles. The lowest BCUT2D eigenvalue weighted by molar-refractivity contribution is -0.130. The second-order valence-corrected chi connectivity index (χ2v) is 14.2. The summed E-state index contributed by atoms with van der Waals surface area (Å²) < 4.78 is 59.4. The van der Waals surface area contributed by atoms with Gasteiger partial charge in [-0.15, -0.1) is 11.8 Å². The molecule has 2 aromatic rings. The van der Waals surface area contributed by atoms with E-state index < -0.39 is 40.9 Å². The maximum atomic E-state index is 15.7. The van der Waals surface area contributed by atoms with Crippen molar-refractivity contribution in [3.05, 3.63) is 83.6 Å². The molecule has 0 bridgehead atoms. The van der Waals surface area contributed by atoms with Crippen LogP contribution in [0.5, 0.6) is 0 Å². The molecule has 1 N–H and O–H groups in total. The van der Waals surface area contributed by atoms with E-state index >= 15 is 4.39 Å². The summed E-state index contributed by atoms with van der Waals surface area (Å²) in [7, 11) is 0. The fraction of sp³-hybridized carbons (Fsp3) is 0.444. The van der Waals surface area contributed by atoms with Crippen molar-refractivity contribution in [2.24, 2.45) is 15.7 Å². The van der Waals surface area contributed by atoms with E-state index in [1.807, 2.05) is 6.92 Å². The van der Waals surface area contributed by atoms with Crippen LogP contribution in [-0.2, 0) is 21.0 Å². The summed E-state index contributed by atoms with van der Waals surface area (Å²) in [6.45, 7) is 18.2. The van der Waals surface area contributed by atoms with Crippen molar-refractivity contribution in [2.75, 3.05) is 17.4 Å². The van der Waals surface area contributed by atoms with E-state index in [-0.39, 0.29) is 47.5 Å². The normalized spacial score (nSPS) is 15.5. The maximum absolute atomic E-state index is 15.7. The SMILES string of the molecule is C=C(O/N=C(\C)c1ccc(CN2C(=O)N(C(=O)OC(C)(C)C)CSc3cc(F)c(/C(C)=N/OC(=C)C(C)(CO)CCCC)cc32)cc1)C(F)(F)F. The number of rotatable bonds is 13. The van der Waals surface area contributed by atoms with Crippen LogP contribution in [0.15, 0.2) is 76.3 Å². The number of benzene rings is 2. The van der Waals surface area contributed by atoms with Crippen molar-refractivity contribution in [3.63, 3.8) is 0 Å². The van der Waals surface area contributed by atoms with Gasteiger partial charge in [0, 0.05) is 10.5 Å². The molecule has 3 amide bonds. The molecule has 0 radical (unpaired) electrons. The molecule has 0 spiro atoms. The van der Waals surface area contributed by atoms with E-state index in [0.29, 0.717) is 22.4 Å². The average molecular weight is 737 g/mol. The number of aliphatic hydroxyl groups excluding tert-OH is 1. The van der Waals surface area contributed by atoms with Crippen LogP contribution in [0.1, 0.15) is 84.4 Å². The number of ether oxygens (including phenoxy) is 1. The first-order valence-corrected chi connectivity index (χ1v) is 17.1. The first-order chi connectivity index (χ1) is 23.7. The number of aliphatic hydroxyl groups is 1. The van der Waals surface area contributed by atoms with Crippen LogP contribution in [0.4, 0.5) is 32.8 Å². The molecule has 1 atom stereocenters. The zero-order valence-corrected chi connectivity index (χ0v) is 30.6. The highest BCUT2D eigenvalue weighted by molar-refractivity contribution is 7.99. The van der Waals surface area contributed by atoms with E-state index in [1.54, 1.807) is 52.0 Å². The van der Waals surface area contributed by atoms with Gasteiger partial charge in [0.15, 0.2) is 0 Å². The number of oxime groups is 2. The van der Waals surface area contributed by atoms with Gasteiger partial charge in [-0.2, -0.15) is 13.2 Å². The summed E-state index contributed by atoms with van der Waals surface area (Å²) in [5.74, 6) is -2.07. The summed E-state index contributed by atoms with van der Waals surface area (Å²) in [6, 6.07) is 8.37. The Hall–Kier alpha value is -4.37. The summed E-state index contributed by atoms with van der Waals surface area (Å²) >= 11 is 1.07. The van der Waals surface area contributed by atoms with Gasteiger partial charge in [-0.05, 0) is 70.9 Å². The van der Waals surface area contributed by atoms with Gasteiger partial charge in [-0.25, -0.2) is 18.9 Å². The molecular weight excluding hydrogens is 692 g/mol. The maximum Gasteiger partial charge on any atom is 0.451 e.